The van der Waals surface area contributed by atoms with Gasteiger partial charge in [-0.15, -0.1) is 0 Å². The molecule has 126 valence electrons. The Morgan fingerprint density at radius 2 is 2.09 bits per heavy atom. The maximum atomic E-state index is 13.3. The first kappa shape index (κ1) is 16.2. The van der Waals surface area contributed by atoms with Gasteiger partial charge in [-0.2, -0.15) is 0 Å². The maximum absolute atomic E-state index is 13.3. The Morgan fingerprint density at radius 3 is 2.78 bits per heavy atom. The molecule has 1 aromatic rings. The summed E-state index contributed by atoms with van der Waals surface area (Å²) in [5.74, 6) is -0.328. The molecular formula is C18H24FNO3. The lowest BCUT2D eigenvalue weighted by Crippen LogP contribution is -2.56. The molecule has 0 radical (unpaired) electrons. The number of likely N-dealkylation sites (tertiary alicyclic amines) is 1. The Morgan fingerprint density at radius 1 is 1.35 bits per heavy atom. The average molecular weight is 321 g/mol. The van der Waals surface area contributed by atoms with E-state index >= 15 is 0 Å². The molecule has 1 saturated carbocycles. The number of piperidine rings is 1. The summed E-state index contributed by atoms with van der Waals surface area (Å²) < 4.78 is 18.5. The molecule has 0 aromatic heterocycles. The monoisotopic (exact) mass is 321 g/mol. The van der Waals surface area contributed by atoms with Gasteiger partial charge in [-0.3, -0.25) is 0 Å². The minimum Gasteiger partial charge on any atom is -0.450 e. The van der Waals surface area contributed by atoms with Gasteiger partial charge in [-0.25, -0.2) is 9.18 Å². The van der Waals surface area contributed by atoms with E-state index in [1.165, 1.54) is 12.1 Å². The molecule has 2 aliphatic rings. The van der Waals surface area contributed by atoms with Gasteiger partial charge in [0.15, 0.2) is 0 Å². The standard InChI is InChI=1S/C18H24FNO3/c1-2-23-17(21)20-12-11-18(22)10-4-3-5-15(18)16(20)13-6-8-14(19)9-7-13/h6-9,15-16,22H,2-5,10-12H2,1H3/t15-,16-,18-/m0/s1. The zero-order chi connectivity index (χ0) is 16.4. The van der Waals surface area contributed by atoms with Crippen LogP contribution in [0.1, 0.15) is 50.6 Å². The molecule has 3 atom stereocenters. The van der Waals surface area contributed by atoms with Gasteiger partial charge >= 0.3 is 6.09 Å². The van der Waals surface area contributed by atoms with Gasteiger partial charge in [0.1, 0.15) is 5.82 Å². The summed E-state index contributed by atoms with van der Waals surface area (Å²) in [6.45, 7) is 2.57. The fraction of sp³-hybridized carbons (Fsp3) is 0.611. The number of fused-ring (bicyclic) bond motifs is 1. The van der Waals surface area contributed by atoms with Crippen LogP contribution in [0, 0.1) is 11.7 Å². The summed E-state index contributed by atoms with van der Waals surface area (Å²) in [4.78, 5) is 14.1. The van der Waals surface area contributed by atoms with Gasteiger partial charge in [-0.1, -0.05) is 25.0 Å². The molecular weight excluding hydrogens is 297 g/mol. The van der Waals surface area contributed by atoms with Crippen LogP contribution < -0.4 is 0 Å². The van der Waals surface area contributed by atoms with Crippen molar-refractivity contribution in [1.29, 1.82) is 0 Å². The first-order chi connectivity index (χ1) is 11.0. The average Bonchev–Trinajstić information content (AvgIpc) is 2.54. The highest BCUT2D eigenvalue weighted by molar-refractivity contribution is 5.68. The number of amides is 1. The second-order valence-corrected chi connectivity index (χ2v) is 6.59. The molecule has 1 amide bonds. The molecule has 1 aliphatic heterocycles. The molecule has 23 heavy (non-hydrogen) atoms. The summed E-state index contributed by atoms with van der Waals surface area (Å²) in [7, 11) is 0. The third kappa shape index (κ3) is 3.07. The lowest BCUT2D eigenvalue weighted by atomic mass is 9.66. The van der Waals surface area contributed by atoms with Gasteiger partial charge in [0, 0.05) is 12.5 Å². The molecule has 2 fully saturated rings. The molecule has 1 aromatic carbocycles. The second kappa shape index (κ2) is 6.48. The molecule has 0 spiro atoms. The number of ether oxygens (including phenoxy) is 1. The third-order valence-electron chi connectivity index (χ3n) is 5.28. The van der Waals surface area contributed by atoms with Crippen LogP contribution in [0.25, 0.3) is 0 Å². The Hall–Kier alpha value is -1.62. The zero-order valence-electron chi connectivity index (χ0n) is 13.5. The van der Waals surface area contributed by atoms with Crippen molar-refractivity contribution in [1.82, 2.24) is 4.90 Å². The van der Waals surface area contributed by atoms with Gasteiger partial charge in [0.2, 0.25) is 0 Å². The summed E-state index contributed by atoms with van der Waals surface area (Å²) in [5.41, 5.74) is 0.129. The SMILES string of the molecule is CCOC(=O)N1CC[C@@]2(O)CCCC[C@H]2[C@@H]1c1ccc(F)cc1. The van der Waals surface area contributed by atoms with Crippen LogP contribution in [0.2, 0.25) is 0 Å². The number of hydrogen-bond donors (Lipinski definition) is 1. The number of hydrogen-bond acceptors (Lipinski definition) is 3. The predicted octanol–water partition coefficient (Wildman–Crippen LogP) is 3.65. The van der Waals surface area contributed by atoms with Gasteiger partial charge in [-0.05, 0) is 43.9 Å². The van der Waals surface area contributed by atoms with Gasteiger partial charge in [0.25, 0.3) is 0 Å². The van der Waals surface area contributed by atoms with Crippen molar-refractivity contribution in [2.45, 2.75) is 50.7 Å². The van der Waals surface area contributed by atoms with E-state index in [1.54, 1.807) is 24.0 Å². The largest absolute Gasteiger partial charge is 0.450 e. The van der Waals surface area contributed by atoms with E-state index in [1.807, 2.05) is 0 Å². The number of aliphatic hydroxyl groups is 1. The molecule has 4 nitrogen and oxygen atoms in total. The van der Waals surface area contributed by atoms with Crippen LogP contribution in [-0.4, -0.2) is 34.9 Å². The number of benzene rings is 1. The van der Waals surface area contributed by atoms with Gasteiger partial charge < -0.3 is 14.7 Å². The highest BCUT2D eigenvalue weighted by atomic mass is 19.1. The van der Waals surface area contributed by atoms with Crippen molar-refractivity contribution in [2.75, 3.05) is 13.2 Å². The lowest BCUT2D eigenvalue weighted by molar-refractivity contribution is -0.118. The minimum absolute atomic E-state index is 0.0279. The number of rotatable bonds is 2. The van der Waals surface area contributed by atoms with Crippen molar-refractivity contribution < 1.29 is 19.0 Å². The smallest absolute Gasteiger partial charge is 0.410 e. The summed E-state index contributed by atoms with van der Waals surface area (Å²) in [6.07, 6.45) is 3.92. The van der Waals surface area contributed by atoms with E-state index in [2.05, 4.69) is 0 Å². The van der Waals surface area contributed by atoms with Crippen molar-refractivity contribution in [3.63, 3.8) is 0 Å². The first-order valence-corrected chi connectivity index (χ1v) is 8.46. The van der Waals surface area contributed by atoms with Crippen LogP contribution in [0.5, 0.6) is 0 Å². The molecule has 0 unspecified atom stereocenters. The van der Waals surface area contributed by atoms with Crippen LogP contribution in [0.4, 0.5) is 9.18 Å². The van der Waals surface area contributed by atoms with Crippen LogP contribution in [-0.2, 0) is 4.74 Å². The first-order valence-electron chi connectivity index (χ1n) is 8.46. The van der Waals surface area contributed by atoms with E-state index < -0.39 is 5.60 Å². The quantitative estimate of drug-likeness (QED) is 0.904. The molecule has 1 aliphatic carbocycles. The van der Waals surface area contributed by atoms with E-state index in [0.717, 1.165) is 31.2 Å². The second-order valence-electron chi connectivity index (χ2n) is 6.59. The Bertz CT molecular complexity index is 562. The van der Waals surface area contributed by atoms with E-state index in [9.17, 15) is 14.3 Å². The van der Waals surface area contributed by atoms with E-state index in [4.69, 9.17) is 4.74 Å². The third-order valence-corrected chi connectivity index (χ3v) is 5.28. The van der Waals surface area contributed by atoms with Gasteiger partial charge in [0.05, 0.1) is 18.2 Å². The fourth-order valence-corrected chi connectivity index (χ4v) is 4.17. The summed E-state index contributed by atoms with van der Waals surface area (Å²) in [5, 5.41) is 11.1. The molecule has 1 N–H and O–H groups in total. The van der Waals surface area contributed by atoms with E-state index in [-0.39, 0.29) is 23.9 Å². The van der Waals surface area contributed by atoms with Crippen molar-refractivity contribution in [3.05, 3.63) is 35.6 Å². The Kier molecular flexibility index (Phi) is 4.57. The topological polar surface area (TPSA) is 49.8 Å². The zero-order valence-corrected chi connectivity index (χ0v) is 13.5. The highest BCUT2D eigenvalue weighted by Gasteiger charge is 2.50. The highest BCUT2D eigenvalue weighted by Crippen LogP contribution is 2.49. The van der Waals surface area contributed by atoms with Crippen molar-refractivity contribution in [2.24, 2.45) is 5.92 Å². The lowest BCUT2D eigenvalue weighted by Gasteiger charge is -2.52. The van der Waals surface area contributed by atoms with Crippen LogP contribution >= 0.6 is 0 Å². The molecule has 5 heteroatoms. The van der Waals surface area contributed by atoms with Crippen molar-refractivity contribution in [3.8, 4) is 0 Å². The van der Waals surface area contributed by atoms with Crippen molar-refractivity contribution >= 4 is 6.09 Å². The summed E-state index contributed by atoms with van der Waals surface area (Å²) in [6, 6.07) is 6.00. The van der Waals surface area contributed by atoms with Crippen LogP contribution in [0.3, 0.4) is 0 Å². The number of nitrogens with zero attached hydrogens (tertiary/aromatic N) is 1. The number of carbonyl (C=O) groups is 1. The Balaban J connectivity index is 1.97. The molecule has 1 saturated heterocycles. The Labute approximate surface area is 136 Å². The summed E-state index contributed by atoms with van der Waals surface area (Å²) >= 11 is 0. The molecule has 1 heterocycles. The fourth-order valence-electron chi connectivity index (χ4n) is 4.17. The minimum atomic E-state index is -0.736. The normalized spacial score (nSPS) is 30.7. The maximum Gasteiger partial charge on any atom is 0.410 e. The van der Waals surface area contributed by atoms with E-state index in [0.29, 0.717) is 19.6 Å². The predicted molar refractivity (Wildman–Crippen MR) is 84.4 cm³/mol. The number of halogens is 1. The molecule has 0 bridgehead atoms. The number of carbonyl (C=O) groups excluding carboxylic acids is 1. The van der Waals surface area contributed by atoms with Crippen LogP contribution in [0.15, 0.2) is 24.3 Å². The molecule has 3 rings (SSSR count).